The van der Waals surface area contributed by atoms with Crippen molar-refractivity contribution in [1.82, 2.24) is 4.31 Å². The van der Waals surface area contributed by atoms with Crippen molar-refractivity contribution >= 4 is 10.0 Å². The van der Waals surface area contributed by atoms with Gasteiger partial charge in [0.2, 0.25) is 10.0 Å². The zero-order chi connectivity index (χ0) is 15.2. The Bertz CT molecular complexity index is 511. The van der Waals surface area contributed by atoms with Crippen molar-refractivity contribution in [2.75, 3.05) is 6.61 Å². The van der Waals surface area contributed by atoms with E-state index in [2.05, 4.69) is 6.58 Å². The van der Waals surface area contributed by atoms with Crippen LogP contribution < -0.4 is 0 Å². The first-order chi connectivity index (χ1) is 9.40. The monoisotopic (exact) mass is 297 g/mol. The Morgan fingerprint density at radius 2 is 1.90 bits per heavy atom. The molecule has 1 aromatic rings. The minimum absolute atomic E-state index is 0.196. The van der Waals surface area contributed by atoms with Crippen molar-refractivity contribution in [1.29, 1.82) is 0 Å². The highest BCUT2D eigenvalue weighted by Crippen LogP contribution is 2.19. The van der Waals surface area contributed by atoms with Gasteiger partial charge in [0.1, 0.15) is 0 Å². The number of rotatable bonds is 8. The summed E-state index contributed by atoms with van der Waals surface area (Å²) in [5, 5.41) is 10.5. The third-order valence-electron chi connectivity index (χ3n) is 3.08. The van der Waals surface area contributed by atoms with Gasteiger partial charge in [-0.3, -0.25) is 0 Å². The summed E-state index contributed by atoms with van der Waals surface area (Å²) in [7, 11) is -3.58. The molecule has 0 bridgehead atoms. The maximum absolute atomic E-state index is 12.2. The van der Waals surface area contributed by atoms with Gasteiger partial charge < -0.3 is 5.11 Å². The molecule has 0 saturated carbocycles. The minimum Gasteiger partial charge on any atom is -0.395 e. The summed E-state index contributed by atoms with van der Waals surface area (Å²) < 4.78 is 25.7. The van der Waals surface area contributed by atoms with Gasteiger partial charge in [-0.15, -0.1) is 0 Å². The molecule has 0 aromatic heterocycles. The highest BCUT2D eigenvalue weighted by Gasteiger charge is 2.28. The molecular formula is C15H23NO3S. The summed E-state index contributed by atoms with van der Waals surface area (Å²) in [6, 6.07) is 8.92. The maximum Gasteiger partial charge on any atom is 0.236 e. The summed E-state index contributed by atoms with van der Waals surface area (Å²) in [5.41, 5.74) is 0.889. The van der Waals surface area contributed by atoms with Crippen LogP contribution in [0.4, 0.5) is 0 Å². The smallest absolute Gasteiger partial charge is 0.236 e. The predicted molar refractivity (Wildman–Crippen MR) is 81.4 cm³/mol. The van der Waals surface area contributed by atoms with Crippen LogP contribution in [-0.4, -0.2) is 30.5 Å². The number of hydrogen-bond acceptors (Lipinski definition) is 3. The third kappa shape index (κ3) is 4.74. The zero-order valence-electron chi connectivity index (χ0n) is 12.1. The van der Waals surface area contributed by atoms with Crippen molar-refractivity contribution in [3.63, 3.8) is 0 Å². The Hall–Kier alpha value is -1.17. The number of nitrogens with zero attached hydrogens (tertiary/aromatic N) is 1. The van der Waals surface area contributed by atoms with Crippen LogP contribution in [0.2, 0.25) is 0 Å². The Morgan fingerprint density at radius 1 is 1.30 bits per heavy atom. The lowest BCUT2D eigenvalue weighted by molar-refractivity contribution is 0.165. The van der Waals surface area contributed by atoms with Gasteiger partial charge in [0.25, 0.3) is 0 Å². The molecule has 1 atom stereocenters. The molecule has 0 radical (unpaired) electrons. The molecule has 112 valence electrons. The second-order valence-electron chi connectivity index (χ2n) is 5.21. The van der Waals surface area contributed by atoms with Crippen molar-refractivity contribution in [3.8, 4) is 0 Å². The normalized spacial score (nSPS) is 13.7. The van der Waals surface area contributed by atoms with E-state index in [0.717, 1.165) is 11.0 Å². The summed E-state index contributed by atoms with van der Waals surface area (Å²) in [4.78, 5) is 0. The van der Waals surface area contributed by atoms with Crippen LogP contribution in [0, 0.1) is 5.92 Å². The first-order valence-electron chi connectivity index (χ1n) is 6.69. The number of aliphatic hydroxyl groups is 1. The van der Waals surface area contributed by atoms with Crippen molar-refractivity contribution in [2.45, 2.75) is 32.9 Å². The molecule has 0 spiro atoms. The zero-order valence-corrected chi connectivity index (χ0v) is 12.9. The Morgan fingerprint density at radius 3 is 2.35 bits per heavy atom. The highest BCUT2D eigenvalue weighted by atomic mass is 32.2. The van der Waals surface area contributed by atoms with Crippen molar-refractivity contribution in [2.24, 2.45) is 5.92 Å². The van der Waals surface area contributed by atoms with E-state index in [-0.39, 0.29) is 13.2 Å². The molecule has 0 aliphatic heterocycles. The van der Waals surface area contributed by atoms with Gasteiger partial charge in [0.15, 0.2) is 0 Å². The molecule has 0 aliphatic rings. The van der Waals surface area contributed by atoms with E-state index >= 15 is 0 Å². The van der Waals surface area contributed by atoms with Crippen LogP contribution in [0.3, 0.4) is 0 Å². The molecule has 0 unspecified atom stereocenters. The molecule has 0 fully saturated rings. The van der Waals surface area contributed by atoms with Crippen LogP contribution in [-0.2, 0) is 16.6 Å². The second kappa shape index (κ2) is 7.57. The Balaban J connectivity index is 3.05. The van der Waals surface area contributed by atoms with E-state index < -0.39 is 16.1 Å². The molecule has 0 amide bonds. The maximum atomic E-state index is 12.2. The van der Waals surface area contributed by atoms with Crippen LogP contribution in [0.1, 0.15) is 25.8 Å². The molecule has 20 heavy (non-hydrogen) atoms. The van der Waals surface area contributed by atoms with Gasteiger partial charge in [-0.25, -0.2) is 8.42 Å². The van der Waals surface area contributed by atoms with Gasteiger partial charge in [0, 0.05) is 18.0 Å². The van der Waals surface area contributed by atoms with Gasteiger partial charge in [0.05, 0.1) is 6.61 Å². The van der Waals surface area contributed by atoms with Gasteiger partial charge in [-0.05, 0) is 17.9 Å². The van der Waals surface area contributed by atoms with E-state index in [1.807, 2.05) is 44.2 Å². The SMILES string of the molecule is C=CS(=O)(=O)N(Cc1ccccc1)[C@H](CO)CC(C)C. The third-order valence-corrected chi connectivity index (χ3v) is 4.58. The van der Waals surface area contributed by atoms with Gasteiger partial charge in [-0.2, -0.15) is 4.31 Å². The minimum atomic E-state index is -3.58. The van der Waals surface area contributed by atoms with E-state index in [4.69, 9.17) is 0 Å². The summed E-state index contributed by atoms with van der Waals surface area (Å²) >= 11 is 0. The Labute approximate surface area is 121 Å². The number of benzene rings is 1. The fourth-order valence-corrected chi connectivity index (χ4v) is 3.20. The Kier molecular flexibility index (Phi) is 6.39. The first kappa shape index (κ1) is 16.9. The highest BCUT2D eigenvalue weighted by molar-refractivity contribution is 7.92. The molecule has 1 aromatic carbocycles. The van der Waals surface area contributed by atoms with Crippen LogP contribution in [0.5, 0.6) is 0 Å². The summed E-state index contributed by atoms with van der Waals surface area (Å²) in [6.45, 7) is 7.43. The fourth-order valence-electron chi connectivity index (χ4n) is 2.11. The van der Waals surface area contributed by atoms with E-state index in [1.165, 1.54) is 4.31 Å². The number of hydrogen-bond donors (Lipinski definition) is 1. The van der Waals surface area contributed by atoms with Crippen molar-refractivity contribution < 1.29 is 13.5 Å². The molecule has 0 saturated heterocycles. The first-order valence-corrected chi connectivity index (χ1v) is 8.20. The lowest BCUT2D eigenvalue weighted by atomic mass is 10.0. The van der Waals surface area contributed by atoms with Gasteiger partial charge >= 0.3 is 0 Å². The lowest BCUT2D eigenvalue weighted by Crippen LogP contribution is -2.41. The molecular weight excluding hydrogens is 274 g/mol. The molecule has 0 aliphatic carbocycles. The molecule has 5 heteroatoms. The average Bonchev–Trinajstić information content (AvgIpc) is 2.43. The quantitative estimate of drug-likeness (QED) is 0.801. The molecule has 1 rings (SSSR count). The van der Waals surface area contributed by atoms with E-state index in [1.54, 1.807) is 0 Å². The standard InChI is InChI=1S/C15H23NO3S/c1-4-20(18,19)16(15(12-17)10-13(2)3)11-14-8-6-5-7-9-14/h4-9,13,15,17H,1,10-12H2,2-3H3/t15-/m0/s1. The predicted octanol–water partition coefficient (Wildman–Crippen LogP) is 2.37. The van der Waals surface area contributed by atoms with E-state index in [9.17, 15) is 13.5 Å². The van der Waals surface area contributed by atoms with Crippen LogP contribution >= 0.6 is 0 Å². The largest absolute Gasteiger partial charge is 0.395 e. The molecule has 1 N–H and O–H groups in total. The van der Waals surface area contributed by atoms with Crippen molar-refractivity contribution in [3.05, 3.63) is 47.9 Å². The molecule has 4 nitrogen and oxygen atoms in total. The summed E-state index contributed by atoms with van der Waals surface area (Å²) in [5.74, 6) is 0.297. The van der Waals surface area contributed by atoms with Crippen LogP contribution in [0.15, 0.2) is 42.3 Å². The van der Waals surface area contributed by atoms with E-state index in [0.29, 0.717) is 12.3 Å². The number of aliphatic hydroxyl groups excluding tert-OH is 1. The van der Waals surface area contributed by atoms with Crippen LogP contribution in [0.25, 0.3) is 0 Å². The molecule has 0 heterocycles. The summed E-state index contributed by atoms with van der Waals surface area (Å²) in [6.07, 6.45) is 0.608. The fraction of sp³-hybridized carbons (Fsp3) is 0.467. The topological polar surface area (TPSA) is 57.6 Å². The lowest BCUT2D eigenvalue weighted by Gasteiger charge is -2.29. The number of sulfonamides is 1. The second-order valence-corrected chi connectivity index (χ2v) is 7.04. The van der Waals surface area contributed by atoms with Gasteiger partial charge in [-0.1, -0.05) is 50.8 Å². The average molecular weight is 297 g/mol.